The van der Waals surface area contributed by atoms with E-state index >= 15 is 0 Å². The lowest BCUT2D eigenvalue weighted by Gasteiger charge is -2.10. The normalized spacial score (nSPS) is 11.7. The third kappa shape index (κ3) is 5.10. The van der Waals surface area contributed by atoms with Crippen molar-refractivity contribution in [1.82, 2.24) is 9.78 Å². The van der Waals surface area contributed by atoms with Crippen LogP contribution >= 0.6 is 11.3 Å². The first-order valence-corrected chi connectivity index (χ1v) is 9.90. The number of halogens is 3. The Bertz CT molecular complexity index is 1140. The minimum atomic E-state index is -4.72. The van der Waals surface area contributed by atoms with Crippen LogP contribution in [-0.4, -0.2) is 15.7 Å². The average Bonchev–Trinajstić information content (AvgIpc) is 3.26. The maximum absolute atomic E-state index is 13.2. The number of para-hydroxylation sites is 1. The van der Waals surface area contributed by atoms with Crippen molar-refractivity contribution >= 4 is 22.9 Å². The third-order valence-electron chi connectivity index (χ3n) is 3.95. The first-order valence-electron chi connectivity index (χ1n) is 9.09. The summed E-state index contributed by atoms with van der Waals surface area (Å²) in [6, 6.07) is 10.7. The van der Waals surface area contributed by atoms with E-state index in [4.69, 9.17) is 0 Å². The van der Waals surface area contributed by atoms with Crippen LogP contribution in [0.4, 0.5) is 18.9 Å². The van der Waals surface area contributed by atoms with Gasteiger partial charge in [-0.1, -0.05) is 30.0 Å². The molecule has 0 radical (unpaired) electrons. The van der Waals surface area contributed by atoms with E-state index in [9.17, 15) is 18.0 Å². The van der Waals surface area contributed by atoms with E-state index in [1.165, 1.54) is 18.4 Å². The number of carbonyl (C=O) groups is 1. The number of amides is 1. The summed E-state index contributed by atoms with van der Waals surface area (Å²) in [5.41, 5.74) is -0.747. The van der Waals surface area contributed by atoms with E-state index in [2.05, 4.69) is 22.3 Å². The molecule has 2 aromatic heterocycles. The highest BCUT2D eigenvalue weighted by molar-refractivity contribution is 7.16. The van der Waals surface area contributed by atoms with Gasteiger partial charge in [-0.3, -0.25) is 9.48 Å². The molecule has 0 saturated carbocycles. The molecular weight excluding hydrogens is 411 g/mol. The van der Waals surface area contributed by atoms with Gasteiger partial charge in [-0.15, -0.1) is 11.3 Å². The first-order chi connectivity index (χ1) is 13.9. The molecule has 0 aliphatic rings. The molecule has 1 N–H and O–H groups in total. The topological polar surface area (TPSA) is 46.9 Å². The van der Waals surface area contributed by atoms with Crippen LogP contribution in [0.1, 0.15) is 41.7 Å². The zero-order valence-electron chi connectivity index (χ0n) is 16.9. The van der Waals surface area contributed by atoms with Crippen LogP contribution in [0.15, 0.2) is 42.6 Å². The van der Waals surface area contributed by atoms with Gasteiger partial charge in [0.2, 0.25) is 0 Å². The summed E-state index contributed by atoms with van der Waals surface area (Å²) in [5.74, 6) is 5.43. The van der Waals surface area contributed by atoms with Gasteiger partial charge in [0.05, 0.1) is 10.4 Å². The summed E-state index contributed by atoms with van der Waals surface area (Å²) < 4.78 is 40.6. The number of rotatable bonds is 3. The summed E-state index contributed by atoms with van der Waals surface area (Å²) in [4.78, 5) is 14.3. The minimum Gasteiger partial charge on any atom is -0.321 e. The quantitative estimate of drug-likeness (QED) is 0.532. The molecule has 0 unspecified atom stereocenters. The van der Waals surface area contributed by atoms with Gasteiger partial charge in [-0.05, 0) is 39.0 Å². The van der Waals surface area contributed by atoms with Gasteiger partial charge < -0.3 is 5.32 Å². The summed E-state index contributed by atoms with van der Waals surface area (Å²) in [6.45, 7) is 6.06. The van der Waals surface area contributed by atoms with Crippen LogP contribution < -0.4 is 5.32 Å². The molecular formula is C22H20F3N3OS. The van der Waals surface area contributed by atoms with E-state index in [1.807, 2.05) is 32.9 Å². The molecule has 3 rings (SSSR count). The summed E-state index contributed by atoms with van der Waals surface area (Å²) in [7, 11) is 1.34. The zero-order chi connectivity index (χ0) is 22.1. The lowest BCUT2D eigenvalue weighted by Crippen LogP contribution is -2.18. The molecule has 30 heavy (non-hydrogen) atoms. The summed E-state index contributed by atoms with van der Waals surface area (Å²) in [5, 5.41) is 5.98. The second kappa shape index (κ2) is 8.00. The number of nitrogens with one attached hydrogen (secondary N) is 1. The Balaban J connectivity index is 1.91. The predicted octanol–water partition coefficient (Wildman–Crippen LogP) is 5.82. The highest BCUT2D eigenvalue weighted by Crippen LogP contribution is 2.35. The number of carbonyl (C=O) groups excluding carboxylic acids is 1. The van der Waals surface area contributed by atoms with E-state index in [-0.39, 0.29) is 5.41 Å². The number of aryl methyl sites for hydroxylation is 1. The maximum Gasteiger partial charge on any atom is 0.435 e. The minimum absolute atomic E-state index is 0.129. The van der Waals surface area contributed by atoms with Crippen LogP contribution in [-0.2, 0) is 13.2 Å². The Morgan fingerprint density at radius 2 is 1.83 bits per heavy atom. The lowest BCUT2D eigenvalue weighted by atomic mass is 9.98. The standard InChI is InChI=1S/C22H20F3N3OS/c1-21(2,3)12-11-14-9-10-18(30-14)15-7-5-6-8-17(15)26-20(29)16-13-28(4)27-19(16)22(23,24)25/h5-10,13H,1-4H3,(H,26,29). The van der Waals surface area contributed by atoms with E-state index in [0.29, 0.717) is 11.3 Å². The van der Waals surface area contributed by atoms with Gasteiger partial charge in [-0.25, -0.2) is 0 Å². The maximum atomic E-state index is 13.2. The molecule has 2 heterocycles. The highest BCUT2D eigenvalue weighted by atomic mass is 32.1. The largest absolute Gasteiger partial charge is 0.435 e. The first kappa shape index (κ1) is 21.7. The van der Waals surface area contributed by atoms with Crippen molar-refractivity contribution in [3.8, 4) is 22.3 Å². The number of benzene rings is 1. The number of hydrogen-bond acceptors (Lipinski definition) is 3. The van der Waals surface area contributed by atoms with Gasteiger partial charge in [0.15, 0.2) is 5.69 Å². The second-order valence-corrected chi connectivity index (χ2v) is 8.81. The monoisotopic (exact) mass is 431 g/mol. The van der Waals surface area contributed by atoms with Gasteiger partial charge in [0.1, 0.15) is 0 Å². The molecule has 0 aliphatic heterocycles. The Labute approximate surface area is 176 Å². The average molecular weight is 431 g/mol. The number of alkyl halides is 3. The fourth-order valence-corrected chi connectivity index (χ4v) is 3.56. The van der Waals surface area contributed by atoms with Crippen LogP contribution in [0.5, 0.6) is 0 Å². The molecule has 0 fully saturated rings. The fraction of sp³-hybridized carbons (Fsp3) is 0.273. The van der Waals surface area contributed by atoms with Crippen molar-refractivity contribution in [2.75, 3.05) is 5.32 Å². The van der Waals surface area contributed by atoms with Crippen molar-refractivity contribution in [1.29, 1.82) is 0 Å². The number of hydrogen-bond donors (Lipinski definition) is 1. The molecule has 1 aromatic carbocycles. The molecule has 3 aromatic rings. The molecule has 0 bridgehead atoms. The van der Waals surface area contributed by atoms with Crippen LogP contribution in [0.25, 0.3) is 10.4 Å². The summed E-state index contributed by atoms with van der Waals surface area (Å²) >= 11 is 1.45. The Kier molecular flexibility index (Phi) is 5.77. The molecule has 0 atom stereocenters. The van der Waals surface area contributed by atoms with Gasteiger partial charge in [0, 0.05) is 34.8 Å². The van der Waals surface area contributed by atoms with Crippen molar-refractivity contribution in [3.63, 3.8) is 0 Å². The number of thiophene rings is 1. The van der Waals surface area contributed by atoms with E-state index in [0.717, 1.165) is 20.6 Å². The van der Waals surface area contributed by atoms with Crippen molar-refractivity contribution in [2.45, 2.75) is 26.9 Å². The molecule has 156 valence electrons. The lowest BCUT2D eigenvalue weighted by molar-refractivity contribution is -0.141. The predicted molar refractivity (Wildman–Crippen MR) is 112 cm³/mol. The van der Waals surface area contributed by atoms with Gasteiger partial charge >= 0.3 is 6.18 Å². The fourth-order valence-electron chi connectivity index (χ4n) is 2.66. The number of nitrogens with zero attached hydrogens (tertiary/aromatic N) is 2. The Morgan fingerprint density at radius 1 is 1.13 bits per heavy atom. The SMILES string of the molecule is Cn1cc(C(=O)Nc2ccccc2-c2ccc(C#CC(C)(C)C)s2)c(C(F)(F)F)n1. The number of anilines is 1. The number of aromatic nitrogens is 2. The van der Waals surface area contributed by atoms with Gasteiger partial charge in [0.25, 0.3) is 5.91 Å². The Morgan fingerprint density at radius 3 is 2.50 bits per heavy atom. The van der Waals surface area contributed by atoms with Crippen molar-refractivity contribution < 1.29 is 18.0 Å². The molecule has 0 spiro atoms. The van der Waals surface area contributed by atoms with Crippen LogP contribution in [0.2, 0.25) is 0 Å². The van der Waals surface area contributed by atoms with E-state index < -0.39 is 23.3 Å². The van der Waals surface area contributed by atoms with Crippen LogP contribution in [0, 0.1) is 17.3 Å². The Hall–Kier alpha value is -3.05. The van der Waals surface area contributed by atoms with Crippen molar-refractivity contribution in [2.24, 2.45) is 12.5 Å². The molecule has 4 nitrogen and oxygen atoms in total. The third-order valence-corrected chi connectivity index (χ3v) is 4.98. The molecule has 8 heteroatoms. The van der Waals surface area contributed by atoms with E-state index in [1.54, 1.807) is 24.3 Å². The van der Waals surface area contributed by atoms with Crippen LogP contribution in [0.3, 0.4) is 0 Å². The summed E-state index contributed by atoms with van der Waals surface area (Å²) in [6.07, 6.45) is -3.66. The van der Waals surface area contributed by atoms with Gasteiger partial charge in [-0.2, -0.15) is 18.3 Å². The van der Waals surface area contributed by atoms with Crippen molar-refractivity contribution in [3.05, 3.63) is 58.7 Å². The highest BCUT2D eigenvalue weighted by Gasteiger charge is 2.39. The zero-order valence-corrected chi connectivity index (χ0v) is 17.7. The second-order valence-electron chi connectivity index (χ2n) is 7.73. The smallest absolute Gasteiger partial charge is 0.321 e. The molecule has 0 aliphatic carbocycles. The molecule has 0 saturated heterocycles. The molecule has 1 amide bonds.